The number of rotatable bonds is 6. The molecule has 0 bridgehead atoms. The molecule has 4 heteroatoms. The fraction of sp³-hybridized carbons (Fsp3) is 0.733. The highest BCUT2D eigenvalue weighted by atomic mass is 32.1. The van der Waals surface area contributed by atoms with E-state index in [9.17, 15) is 8.78 Å². The molecule has 108 valence electrons. The maximum atomic E-state index is 13.3. The minimum Gasteiger partial charge on any atom is -0.313 e. The first-order valence-electron chi connectivity index (χ1n) is 7.24. The lowest BCUT2D eigenvalue weighted by Crippen LogP contribution is -2.41. The molecule has 1 aliphatic carbocycles. The van der Waals surface area contributed by atoms with Crippen LogP contribution in [0.3, 0.4) is 0 Å². The molecule has 1 aromatic heterocycles. The first-order chi connectivity index (χ1) is 9.11. The van der Waals surface area contributed by atoms with E-state index in [0.29, 0.717) is 24.8 Å². The van der Waals surface area contributed by atoms with E-state index >= 15 is 0 Å². The Morgan fingerprint density at radius 1 is 1.42 bits per heavy atom. The SMILES string of the molecule is CCCNC(Cc1cccs1)C1CCC(F)(F)CC1. The monoisotopic (exact) mass is 287 g/mol. The van der Waals surface area contributed by atoms with Crippen molar-refractivity contribution in [3.05, 3.63) is 22.4 Å². The Morgan fingerprint density at radius 3 is 2.74 bits per heavy atom. The van der Waals surface area contributed by atoms with Crippen molar-refractivity contribution in [2.24, 2.45) is 5.92 Å². The predicted octanol–water partition coefficient (Wildman–Crippen LogP) is 4.48. The second kappa shape index (κ2) is 6.80. The van der Waals surface area contributed by atoms with Gasteiger partial charge in [0, 0.05) is 23.8 Å². The van der Waals surface area contributed by atoms with Crippen LogP contribution in [0, 0.1) is 5.92 Å². The lowest BCUT2D eigenvalue weighted by atomic mass is 9.80. The fourth-order valence-electron chi connectivity index (χ4n) is 2.85. The van der Waals surface area contributed by atoms with E-state index in [-0.39, 0.29) is 12.8 Å². The van der Waals surface area contributed by atoms with Crippen LogP contribution in [-0.4, -0.2) is 18.5 Å². The van der Waals surface area contributed by atoms with Gasteiger partial charge in [-0.1, -0.05) is 13.0 Å². The summed E-state index contributed by atoms with van der Waals surface area (Å²) in [4.78, 5) is 1.35. The van der Waals surface area contributed by atoms with E-state index in [1.54, 1.807) is 11.3 Å². The van der Waals surface area contributed by atoms with Gasteiger partial charge in [-0.2, -0.15) is 0 Å². The lowest BCUT2D eigenvalue weighted by molar-refractivity contribution is -0.0494. The van der Waals surface area contributed by atoms with Gasteiger partial charge in [-0.25, -0.2) is 8.78 Å². The lowest BCUT2D eigenvalue weighted by Gasteiger charge is -2.34. The Bertz CT molecular complexity index is 354. The molecular formula is C15H23F2NS. The third-order valence-corrected chi connectivity index (χ3v) is 4.89. The maximum absolute atomic E-state index is 13.3. The molecule has 1 heterocycles. The molecule has 1 atom stereocenters. The first kappa shape index (κ1) is 14.9. The van der Waals surface area contributed by atoms with Crippen molar-refractivity contribution in [3.8, 4) is 0 Å². The average molecular weight is 287 g/mol. The van der Waals surface area contributed by atoms with E-state index < -0.39 is 5.92 Å². The molecule has 1 aliphatic rings. The molecular weight excluding hydrogens is 264 g/mol. The van der Waals surface area contributed by atoms with Gasteiger partial charge in [-0.3, -0.25) is 0 Å². The summed E-state index contributed by atoms with van der Waals surface area (Å²) in [6.07, 6.45) is 3.50. The van der Waals surface area contributed by atoms with Crippen LogP contribution in [-0.2, 0) is 6.42 Å². The zero-order chi connectivity index (χ0) is 13.7. The number of thiophene rings is 1. The van der Waals surface area contributed by atoms with Crippen molar-refractivity contribution in [1.29, 1.82) is 0 Å². The van der Waals surface area contributed by atoms with Gasteiger partial charge in [0.2, 0.25) is 5.92 Å². The van der Waals surface area contributed by atoms with Gasteiger partial charge in [0.1, 0.15) is 0 Å². The van der Waals surface area contributed by atoms with Crippen LogP contribution in [0.15, 0.2) is 17.5 Å². The van der Waals surface area contributed by atoms with Gasteiger partial charge in [-0.15, -0.1) is 11.3 Å². The number of hydrogen-bond donors (Lipinski definition) is 1. The van der Waals surface area contributed by atoms with Crippen molar-refractivity contribution in [3.63, 3.8) is 0 Å². The number of nitrogens with one attached hydrogen (secondary N) is 1. The van der Waals surface area contributed by atoms with E-state index in [1.165, 1.54) is 4.88 Å². The summed E-state index contributed by atoms with van der Waals surface area (Å²) >= 11 is 1.76. The fourth-order valence-corrected chi connectivity index (χ4v) is 3.61. The van der Waals surface area contributed by atoms with Crippen LogP contribution in [0.5, 0.6) is 0 Å². The van der Waals surface area contributed by atoms with Gasteiger partial charge >= 0.3 is 0 Å². The molecule has 0 aromatic carbocycles. The third kappa shape index (κ3) is 4.53. The highest BCUT2D eigenvalue weighted by Gasteiger charge is 2.37. The minimum atomic E-state index is -2.42. The Morgan fingerprint density at radius 2 is 2.16 bits per heavy atom. The molecule has 1 N–H and O–H groups in total. The molecule has 1 fully saturated rings. The zero-order valence-electron chi connectivity index (χ0n) is 11.5. The van der Waals surface area contributed by atoms with Crippen molar-refractivity contribution in [2.45, 2.75) is 57.4 Å². The summed E-state index contributed by atoms with van der Waals surface area (Å²) in [7, 11) is 0. The van der Waals surface area contributed by atoms with Gasteiger partial charge in [0.25, 0.3) is 0 Å². The van der Waals surface area contributed by atoms with Crippen LogP contribution in [0.4, 0.5) is 8.78 Å². The molecule has 0 spiro atoms. The summed E-state index contributed by atoms with van der Waals surface area (Å²) < 4.78 is 26.5. The van der Waals surface area contributed by atoms with Gasteiger partial charge in [0.05, 0.1) is 0 Å². The number of alkyl halides is 2. The van der Waals surface area contributed by atoms with Crippen LogP contribution in [0.1, 0.15) is 43.9 Å². The Labute approximate surface area is 118 Å². The van der Waals surface area contributed by atoms with Gasteiger partial charge in [0.15, 0.2) is 0 Å². The molecule has 0 saturated heterocycles. The molecule has 2 rings (SSSR count). The van der Waals surface area contributed by atoms with Crippen LogP contribution < -0.4 is 5.32 Å². The highest BCUT2D eigenvalue weighted by molar-refractivity contribution is 7.09. The van der Waals surface area contributed by atoms with Crippen molar-refractivity contribution in [2.75, 3.05) is 6.54 Å². The van der Waals surface area contributed by atoms with Crippen molar-refractivity contribution >= 4 is 11.3 Å². The van der Waals surface area contributed by atoms with E-state index in [1.807, 2.05) is 0 Å². The smallest absolute Gasteiger partial charge is 0.248 e. The van der Waals surface area contributed by atoms with Crippen LogP contribution in [0.25, 0.3) is 0 Å². The third-order valence-electron chi connectivity index (χ3n) is 3.99. The topological polar surface area (TPSA) is 12.0 Å². The molecule has 1 aromatic rings. The second-order valence-electron chi connectivity index (χ2n) is 5.54. The van der Waals surface area contributed by atoms with Gasteiger partial charge < -0.3 is 5.32 Å². The highest BCUT2D eigenvalue weighted by Crippen LogP contribution is 2.38. The van der Waals surface area contributed by atoms with Crippen LogP contribution in [0.2, 0.25) is 0 Å². The first-order valence-corrected chi connectivity index (χ1v) is 8.12. The summed E-state index contributed by atoms with van der Waals surface area (Å²) in [6.45, 7) is 3.12. The molecule has 1 saturated carbocycles. The van der Waals surface area contributed by atoms with Gasteiger partial charge in [-0.05, 0) is 49.6 Å². The summed E-state index contributed by atoms with van der Waals surface area (Å²) in [6, 6.07) is 4.56. The Kier molecular flexibility index (Phi) is 5.34. The molecule has 0 radical (unpaired) electrons. The van der Waals surface area contributed by atoms with E-state index in [0.717, 1.165) is 19.4 Å². The Hall–Kier alpha value is -0.480. The van der Waals surface area contributed by atoms with E-state index in [4.69, 9.17) is 0 Å². The normalized spacial score (nSPS) is 21.4. The maximum Gasteiger partial charge on any atom is 0.248 e. The average Bonchev–Trinajstić information content (AvgIpc) is 2.87. The zero-order valence-corrected chi connectivity index (χ0v) is 12.3. The Balaban J connectivity index is 1.93. The quantitative estimate of drug-likeness (QED) is 0.813. The number of halogens is 2. The molecule has 1 unspecified atom stereocenters. The molecule has 1 nitrogen and oxygen atoms in total. The summed E-state index contributed by atoms with van der Waals surface area (Å²) in [5, 5.41) is 5.65. The predicted molar refractivity (Wildman–Crippen MR) is 77.0 cm³/mol. The van der Waals surface area contributed by atoms with E-state index in [2.05, 4.69) is 29.8 Å². The largest absolute Gasteiger partial charge is 0.313 e. The summed E-state index contributed by atoms with van der Waals surface area (Å²) in [5.74, 6) is -2.03. The molecule has 0 amide bonds. The summed E-state index contributed by atoms with van der Waals surface area (Å²) in [5.41, 5.74) is 0. The molecule has 19 heavy (non-hydrogen) atoms. The van der Waals surface area contributed by atoms with Crippen molar-refractivity contribution < 1.29 is 8.78 Å². The molecule has 0 aliphatic heterocycles. The number of hydrogen-bond acceptors (Lipinski definition) is 2. The second-order valence-corrected chi connectivity index (χ2v) is 6.57. The van der Waals surface area contributed by atoms with Crippen LogP contribution >= 0.6 is 11.3 Å². The standard InChI is InChI=1S/C15H23F2NS/c1-2-9-18-14(11-13-4-3-10-19-13)12-5-7-15(16,17)8-6-12/h3-4,10,12,14,18H,2,5-9,11H2,1H3. The minimum absolute atomic E-state index is 0.0619. The van der Waals surface area contributed by atoms with Crippen molar-refractivity contribution in [1.82, 2.24) is 5.32 Å².